The Bertz CT molecular complexity index is 1850. The van der Waals surface area contributed by atoms with Crippen LogP contribution in [0.3, 0.4) is 0 Å². The molecule has 0 radical (unpaired) electrons. The van der Waals surface area contributed by atoms with E-state index in [9.17, 15) is 0 Å². The van der Waals surface area contributed by atoms with Crippen molar-refractivity contribution in [2.24, 2.45) is 0 Å². The number of anilines is 1. The summed E-state index contributed by atoms with van der Waals surface area (Å²) in [6.07, 6.45) is 6.66. The maximum absolute atomic E-state index is 9.16. The molecule has 1 aliphatic heterocycles. The second kappa shape index (κ2) is 31.0. The number of halogens is 1. The summed E-state index contributed by atoms with van der Waals surface area (Å²) in [5.41, 5.74) is 2.35. The van der Waals surface area contributed by atoms with Gasteiger partial charge in [0.25, 0.3) is 0 Å². The summed E-state index contributed by atoms with van der Waals surface area (Å²) in [6, 6.07) is 7.73. The summed E-state index contributed by atoms with van der Waals surface area (Å²) in [4.78, 5) is 30.0. The molecule has 1 saturated heterocycles. The molecule has 20 nitrogen and oxygen atoms in total. The molecular weight excluding hydrogens is 875 g/mol. The minimum Gasteiger partial charge on any atom is -0.379 e. The van der Waals surface area contributed by atoms with E-state index < -0.39 is 8.38 Å². The molecule has 0 saturated carbocycles. The lowest BCUT2D eigenvalue weighted by molar-refractivity contribution is -0.0384. The maximum atomic E-state index is 9.16. The van der Waals surface area contributed by atoms with Gasteiger partial charge in [-0.2, -0.15) is 5.10 Å². The molecule has 358 valence electrons. The fourth-order valence-electron chi connectivity index (χ4n) is 6.51. The Labute approximate surface area is 381 Å². The standard InChI is InChI=1S/C42H66ClN8O12P/c1-3-4-13-54-16-19-57-22-23-59-21-18-56-15-12-50-30-36(47-48-50)31-61-27-26-60-25-24-58-20-17-55-14-11-49(29-35-7-5-6-8-39(35)43)41-38-28-44-51(42(38)46-34(2)45-41)40-10-9-37(63-40)32-62-33-64(52)53/h5-8,28,30,37,40,52-53H,3-4,9-27,29,31-33H2,1-2H3. The van der Waals surface area contributed by atoms with Gasteiger partial charge < -0.3 is 62.1 Å². The SMILES string of the molecule is CCCCOCCOCCOCCOCCn1cc(COCCOCCOCCOCCN(Cc2ccccc2Cl)c2nc(C)nc3c2cnn3C2CCC(COCP(O)O)O2)nn1. The third-order valence-corrected chi connectivity index (χ3v) is 10.5. The van der Waals surface area contributed by atoms with Crippen LogP contribution < -0.4 is 4.90 Å². The molecule has 4 aromatic rings. The first-order valence-corrected chi connectivity index (χ1v) is 23.8. The van der Waals surface area contributed by atoms with Gasteiger partial charge in [-0.05, 0) is 37.8 Å². The molecule has 22 heteroatoms. The molecule has 5 rings (SSSR count). The van der Waals surface area contributed by atoms with Gasteiger partial charge in [-0.3, -0.25) is 0 Å². The Morgan fingerprint density at radius 3 is 2.11 bits per heavy atom. The van der Waals surface area contributed by atoms with Crippen molar-refractivity contribution in [1.29, 1.82) is 0 Å². The molecule has 0 spiro atoms. The number of aryl methyl sites for hydroxylation is 1. The van der Waals surface area contributed by atoms with Crippen LogP contribution >= 0.6 is 20.0 Å². The summed E-state index contributed by atoms with van der Waals surface area (Å²) < 4.78 is 60.3. The highest BCUT2D eigenvalue weighted by molar-refractivity contribution is 7.44. The molecule has 0 aliphatic carbocycles. The zero-order valence-corrected chi connectivity index (χ0v) is 38.8. The van der Waals surface area contributed by atoms with Crippen LogP contribution in [0.5, 0.6) is 0 Å². The molecule has 0 amide bonds. The average Bonchev–Trinajstić information content (AvgIpc) is 4.06. The first-order valence-electron chi connectivity index (χ1n) is 22.0. The van der Waals surface area contributed by atoms with E-state index in [1.165, 1.54) is 0 Å². The smallest absolute Gasteiger partial charge is 0.192 e. The highest BCUT2D eigenvalue weighted by Crippen LogP contribution is 2.34. The molecule has 1 aromatic carbocycles. The third kappa shape index (κ3) is 19.4. The van der Waals surface area contributed by atoms with Crippen molar-refractivity contribution in [3.8, 4) is 0 Å². The molecule has 2 N–H and O–H groups in total. The van der Waals surface area contributed by atoms with Gasteiger partial charge in [0.2, 0.25) is 0 Å². The van der Waals surface area contributed by atoms with Crippen molar-refractivity contribution in [2.75, 3.05) is 124 Å². The van der Waals surface area contributed by atoms with Gasteiger partial charge in [0.1, 0.15) is 23.7 Å². The lowest BCUT2D eigenvalue weighted by Crippen LogP contribution is -2.29. The van der Waals surface area contributed by atoms with E-state index >= 15 is 0 Å². The molecule has 1 fully saturated rings. The Hall–Kier alpha value is -3.05. The predicted octanol–water partition coefficient (Wildman–Crippen LogP) is 4.47. The van der Waals surface area contributed by atoms with Crippen LogP contribution in [0.2, 0.25) is 5.02 Å². The zero-order chi connectivity index (χ0) is 45.0. The number of hydrogen-bond donors (Lipinski definition) is 2. The molecule has 4 heterocycles. The third-order valence-electron chi connectivity index (χ3n) is 9.71. The van der Waals surface area contributed by atoms with Crippen molar-refractivity contribution in [2.45, 2.75) is 71.6 Å². The van der Waals surface area contributed by atoms with Crippen LogP contribution in [0.4, 0.5) is 5.82 Å². The van der Waals surface area contributed by atoms with Crippen LogP contribution in [-0.2, 0) is 67.1 Å². The number of hydrogen-bond acceptors (Lipinski definition) is 18. The normalized spacial score (nSPS) is 15.3. The van der Waals surface area contributed by atoms with Crippen molar-refractivity contribution >= 4 is 36.8 Å². The van der Waals surface area contributed by atoms with E-state index in [0.717, 1.165) is 48.3 Å². The highest BCUT2D eigenvalue weighted by atomic mass is 35.5. The molecule has 2 atom stereocenters. The second-order valence-corrected chi connectivity index (χ2v) is 16.2. The van der Waals surface area contributed by atoms with Gasteiger partial charge in [0.15, 0.2) is 20.3 Å². The summed E-state index contributed by atoms with van der Waals surface area (Å²) in [6.45, 7) is 13.7. The average molecular weight is 941 g/mol. The number of benzene rings is 1. The Kier molecular flexibility index (Phi) is 25.2. The van der Waals surface area contributed by atoms with Gasteiger partial charge >= 0.3 is 0 Å². The minimum absolute atomic E-state index is 0.107. The van der Waals surface area contributed by atoms with Gasteiger partial charge in [0.05, 0.1) is 136 Å². The molecule has 2 unspecified atom stereocenters. The highest BCUT2D eigenvalue weighted by Gasteiger charge is 2.30. The Balaban J connectivity index is 0.911. The summed E-state index contributed by atoms with van der Waals surface area (Å²) in [7, 11) is -2.11. The largest absolute Gasteiger partial charge is 0.379 e. The quantitative estimate of drug-likeness (QED) is 0.0472. The lowest BCUT2D eigenvalue weighted by Gasteiger charge is -2.25. The lowest BCUT2D eigenvalue weighted by atomic mass is 10.2. The van der Waals surface area contributed by atoms with E-state index in [4.69, 9.17) is 78.7 Å². The number of nitrogens with zero attached hydrogens (tertiary/aromatic N) is 8. The monoisotopic (exact) mass is 940 g/mol. The number of unbranched alkanes of at least 4 members (excludes halogenated alkanes) is 1. The van der Waals surface area contributed by atoms with Crippen LogP contribution in [0.1, 0.15) is 55.9 Å². The number of fused-ring (bicyclic) bond motifs is 1. The Morgan fingerprint density at radius 1 is 0.797 bits per heavy atom. The van der Waals surface area contributed by atoms with Gasteiger partial charge in [-0.1, -0.05) is 48.4 Å². The van der Waals surface area contributed by atoms with Crippen molar-refractivity contribution in [1.82, 2.24) is 34.7 Å². The fraction of sp³-hybridized carbons (Fsp3) is 0.690. The summed E-state index contributed by atoms with van der Waals surface area (Å²) in [5.74, 6) is 1.31. The van der Waals surface area contributed by atoms with Crippen LogP contribution in [-0.4, -0.2) is 169 Å². The van der Waals surface area contributed by atoms with Crippen LogP contribution in [0, 0.1) is 6.92 Å². The van der Waals surface area contributed by atoms with Crippen molar-refractivity contribution < 1.29 is 57.2 Å². The summed E-state index contributed by atoms with van der Waals surface area (Å²) >= 11 is 6.61. The van der Waals surface area contributed by atoms with E-state index in [0.29, 0.717) is 142 Å². The first-order chi connectivity index (χ1) is 31.4. The van der Waals surface area contributed by atoms with Gasteiger partial charge in [0, 0.05) is 24.7 Å². The van der Waals surface area contributed by atoms with Crippen molar-refractivity contribution in [3.05, 3.63) is 58.8 Å². The predicted molar refractivity (Wildman–Crippen MR) is 238 cm³/mol. The Morgan fingerprint density at radius 2 is 1.44 bits per heavy atom. The second-order valence-electron chi connectivity index (χ2n) is 14.8. The molecule has 0 bridgehead atoms. The van der Waals surface area contributed by atoms with E-state index in [1.807, 2.05) is 37.4 Å². The molecule has 64 heavy (non-hydrogen) atoms. The van der Waals surface area contributed by atoms with E-state index in [-0.39, 0.29) is 25.3 Å². The number of rotatable bonds is 37. The molecule has 1 aliphatic rings. The van der Waals surface area contributed by atoms with Gasteiger partial charge in [-0.25, -0.2) is 19.3 Å². The number of ether oxygens (including phenoxy) is 10. The maximum Gasteiger partial charge on any atom is 0.192 e. The fourth-order valence-corrected chi connectivity index (χ4v) is 6.97. The zero-order valence-electron chi connectivity index (χ0n) is 37.2. The minimum atomic E-state index is -2.11. The van der Waals surface area contributed by atoms with Gasteiger partial charge in [-0.15, -0.1) is 5.10 Å². The topological polar surface area (TPSA) is 210 Å². The number of aromatic nitrogens is 7. The van der Waals surface area contributed by atoms with Crippen LogP contribution in [0.15, 0.2) is 36.7 Å². The van der Waals surface area contributed by atoms with Crippen LogP contribution in [0.25, 0.3) is 11.0 Å². The van der Waals surface area contributed by atoms with E-state index in [1.54, 1.807) is 15.6 Å². The van der Waals surface area contributed by atoms with E-state index in [2.05, 4.69) is 27.2 Å². The van der Waals surface area contributed by atoms with Crippen molar-refractivity contribution in [3.63, 3.8) is 0 Å². The summed E-state index contributed by atoms with van der Waals surface area (Å²) in [5, 5.41) is 14.4. The molecular formula is C42H66ClN8O12P. The first kappa shape index (κ1) is 51.9. The molecule has 3 aromatic heterocycles.